The summed E-state index contributed by atoms with van der Waals surface area (Å²) in [6.07, 6.45) is 6.52. The number of nitrogens with zero attached hydrogens (tertiary/aromatic N) is 2. The van der Waals surface area contributed by atoms with Crippen LogP contribution >= 0.6 is 0 Å². The molecule has 2 rings (SSSR count). The maximum absolute atomic E-state index is 4.28. The molecule has 0 unspecified atom stereocenters. The maximum atomic E-state index is 4.28. The van der Waals surface area contributed by atoms with Gasteiger partial charge in [-0.1, -0.05) is 27.7 Å². The number of hydrogen-bond donors (Lipinski definition) is 1. The molecule has 0 radical (unpaired) electrons. The fourth-order valence-corrected chi connectivity index (χ4v) is 3.11. The third-order valence-electron chi connectivity index (χ3n) is 4.50. The van der Waals surface area contributed by atoms with E-state index in [1.165, 1.54) is 37.2 Å². The molecular weight excluding hydrogens is 246 g/mol. The van der Waals surface area contributed by atoms with Crippen molar-refractivity contribution in [3.63, 3.8) is 0 Å². The van der Waals surface area contributed by atoms with Crippen LogP contribution in [0.15, 0.2) is 18.5 Å². The summed E-state index contributed by atoms with van der Waals surface area (Å²) in [5.41, 5.74) is 3.13. The van der Waals surface area contributed by atoms with E-state index in [2.05, 4.69) is 49.0 Å². The molecule has 1 fully saturated rings. The molecule has 0 aliphatic carbocycles. The van der Waals surface area contributed by atoms with Crippen molar-refractivity contribution in [1.82, 2.24) is 10.3 Å². The molecule has 2 heterocycles. The minimum absolute atomic E-state index is 0.441. The first kappa shape index (κ1) is 15.3. The van der Waals surface area contributed by atoms with Gasteiger partial charge in [0, 0.05) is 43.3 Å². The fraction of sp³-hybridized carbons (Fsp3) is 0.706. The molecular formula is C17H29N3. The number of pyridine rings is 1. The molecule has 1 saturated heterocycles. The highest BCUT2D eigenvalue weighted by molar-refractivity contribution is 5.52. The van der Waals surface area contributed by atoms with Gasteiger partial charge in [-0.05, 0) is 36.8 Å². The minimum atomic E-state index is 0.441. The van der Waals surface area contributed by atoms with E-state index in [1.54, 1.807) is 0 Å². The molecule has 1 aromatic rings. The summed E-state index contributed by atoms with van der Waals surface area (Å²) < 4.78 is 0. The largest absolute Gasteiger partial charge is 0.371 e. The summed E-state index contributed by atoms with van der Waals surface area (Å²) in [5, 5.41) is 3.41. The molecule has 3 heteroatoms. The molecule has 0 aromatic carbocycles. The van der Waals surface area contributed by atoms with Crippen molar-refractivity contribution < 1.29 is 0 Å². The van der Waals surface area contributed by atoms with E-state index in [-0.39, 0.29) is 0 Å². The summed E-state index contributed by atoms with van der Waals surface area (Å²) in [7, 11) is 0. The van der Waals surface area contributed by atoms with Gasteiger partial charge in [-0.3, -0.25) is 4.98 Å². The van der Waals surface area contributed by atoms with Gasteiger partial charge in [0.05, 0.1) is 0 Å². The van der Waals surface area contributed by atoms with Crippen LogP contribution in [0, 0.1) is 11.3 Å². The van der Waals surface area contributed by atoms with Gasteiger partial charge in [0.25, 0.3) is 0 Å². The maximum Gasteiger partial charge on any atom is 0.0442 e. The Bertz CT molecular complexity index is 414. The quantitative estimate of drug-likeness (QED) is 0.912. The Hall–Kier alpha value is -1.09. The third kappa shape index (κ3) is 3.72. The Morgan fingerprint density at radius 3 is 2.60 bits per heavy atom. The van der Waals surface area contributed by atoms with Crippen LogP contribution in [0.5, 0.6) is 0 Å². The van der Waals surface area contributed by atoms with Gasteiger partial charge < -0.3 is 10.2 Å². The number of hydrogen-bond acceptors (Lipinski definition) is 3. The highest BCUT2D eigenvalue weighted by atomic mass is 15.1. The number of aromatic nitrogens is 1. The molecule has 1 aromatic heterocycles. The van der Waals surface area contributed by atoms with E-state index in [0.717, 1.165) is 19.0 Å². The number of piperidine rings is 1. The Kier molecular flexibility index (Phi) is 5.03. The van der Waals surface area contributed by atoms with Crippen molar-refractivity contribution in [2.24, 2.45) is 11.3 Å². The van der Waals surface area contributed by atoms with Crippen LogP contribution in [0.1, 0.15) is 46.1 Å². The van der Waals surface area contributed by atoms with Crippen molar-refractivity contribution in [2.45, 2.75) is 47.1 Å². The monoisotopic (exact) mass is 275 g/mol. The Morgan fingerprint density at radius 1 is 1.30 bits per heavy atom. The lowest BCUT2D eigenvalue weighted by Crippen LogP contribution is -2.38. The second-order valence-corrected chi connectivity index (χ2v) is 6.91. The van der Waals surface area contributed by atoms with Crippen LogP contribution < -0.4 is 10.2 Å². The van der Waals surface area contributed by atoms with E-state index in [1.807, 2.05) is 12.4 Å². The summed E-state index contributed by atoms with van der Waals surface area (Å²) in [5.74, 6) is 0.845. The first-order valence-electron chi connectivity index (χ1n) is 7.91. The summed E-state index contributed by atoms with van der Waals surface area (Å²) in [4.78, 5) is 6.82. The molecule has 1 aliphatic rings. The van der Waals surface area contributed by atoms with Gasteiger partial charge in [0.15, 0.2) is 0 Å². The van der Waals surface area contributed by atoms with Gasteiger partial charge in [-0.15, -0.1) is 0 Å². The van der Waals surface area contributed by atoms with Crippen molar-refractivity contribution >= 4 is 5.69 Å². The van der Waals surface area contributed by atoms with Crippen LogP contribution in [-0.4, -0.2) is 24.6 Å². The van der Waals surface area contributed by atoms with Crippen LogP contribution in [0.3, 0.4) is 0 Å². The van der Waals surface area contributed by atoms with Gasteiger partial charge in [0.2, 0.25) is 0 Å². The second-order valence-electron chi connectivity index (χ2n) is 6.91. The molecule has 3 nitrogen and oxygen atoms in total. The third-order valence-corrected chi connectivity index (χ3v) is 4.50. The van der Waals surface area contributed by atoms with Gasteiger partial charge in [-0.25, -0.2) is 0 Å². The lowest BCUT2D eigenvalue weighted by Gasteiger charge is -2.40. The van der Waals surface area contributed by atoms with Crippen molar-refractivity contribution in [3.05, 3.63) is 24.0 Å². The van der Waals surface area contributed by atoms with E-state index in [0.29, 0.717) is 5.41 Å². The lowest BCUT2D eigenvalue weighted by molar-refractivity contribution is 0.199. The zero-order chi connectivity index (χ0) is 14.6. The first-order chi connectivity index (χ1) is 9.52. The molecule has 0 amide bonds. The number of rotatable bonds is 4. The predicted octanol–water partition coefficient (Wildman–Crippen LogP) is 3.45. The normalized spacial score (nSPS) is 17.5. The van der Waals surface area contributed by atoms with Gasteiger partial charge in [-0.2, -0.15) is 0 Å². The lowest BCUT2D eigenvalue weighted by atomic mass is 9.75. The summed E-state index contributed by atoms with van der Waals surface area (Å²) >= 11 is 0. The molecule has 0 bridgehead atoms. The average Bonchev–Trinajstić information content (AvgIpc) is 2.45. The molecule has 0 atom stereocenters. The van der Waals surface area contributed by atoms with Crippen LogP contribution in [-0.2, 0) is 6.54 Å². The predicted molar refractivity (Wildman–Crippen MR) is 86.0 cm³/mol. The molecule has 112 valence electrons. The van der Waals surface area contributed by atoms with Gasteiger partial charge in [0.1, 0.15) is 0 Å². The zero-order valence-corrected chi connectivity index (χ0v) is 13.4. The second kappa shape index (κ2) is 6.57. The van der Waals surface area contributed by atoms with Crippen LogP contribution in [0.4, 0.5) is 5.69 Å². The average molecular weight is 275 g/mol. The Morgan fingerprint density at radius 2 is 2.00 bits per heavy atom. The molecule has 0 saturated carbocycles. The van der Waals surface area contributed by atoms with Gasteiger partial charge >= 0.3 is 0 Å². The Labute approximate surface area is 123 Å². The van der Waals surface area contributed by atoms with E-state index < -0.39 is 0 Å². The standard InChI is InChI=1S/C17H29N3/c1-5-18-12-14-13-19-9-6-16(14)20-10-7-15(8-11-20)17(2,3)4/h6,9,13,15,18H,5,7-8,10-12H2,1-4H3. The zero-order valence-electron chi connectivity index (χ0n) is 13.4. The Balaban J connectivity index is 2.03. The summed E-state index contributed by atoms with van der Waals surface area (Å²) in [6.45, 7) is 13.5. The highest BCUT2D eigenvalue weighted by Crippen LogP contribution is 2.36. The van der Waals surface area contributed by atoms with E-state index >= 15 is 0 Å². The van der Waals surface area contributed by atoms with Crippen molar-refractivity contribution in [3.8, 4) is 0 Å². The van der Waals surface area contributed by atoms with Crippen molar-refractivity contribution in [1.29, 1.82) is 0 Å². The first-order valence-corrected chi connectivity index (χ1v) is 7.91. The summed E-state index contributed by atoms with van der Waals surface area (Å²) in [6, 6.07) is 2.17. The SMILES string of the molecule is CCNCc1cnccc1N1CCC(C(C)(C)C)CC1. The van der Waals surface area contributed by atoms with E-state index in [9.17, 15) is 0 Å². The highest BCUT2D eigenvalue weighted by Gasteiger charge is 2.29. The van der Waals surface area contributed by atoms with Crippen LogP contribution in [0.25, 0.3) is 0 Å². The number of anilines is 1. The molecule has 1 aliphatic heterocycles. The topological polar surface area (TPSA) is 28.2 Å². The van der Waals surface area contributed by atoms with Crippen LogP contribution in [0.2, 0.25) is 0 Å². The molecule has 0 spiro atoms. The minimum Gasteiger partial charge on any atom is -0.371 e. The van der Waals surface area contributed by atoms with E-state index in [4.69, 9.17) is 0 Å². The molecule has 20 heavy (non-hydrogen) atoms. The molecule has 1 N–H and O–H groups in total. The number of nitrogens with one attached hydrogen (secondary N) is 1. The fourth-order valence-electron chi connectivity index (χ4n) is 3.11. The van der Waals surface area contributed by atoms with Crippen molar-refractivity contribution in [2.75, 3.05) is 24.5 Å². The smallest absolute Gasteiger partial charge is 0.0442 e.